The fourth-order valence-corrected chi connectivity index (χ4v) is 7.72. The maximum absolute atomic E-state index is 14.4. The van der Waals surface area contributed by atoms with Gasteiger partial charge in [0.25, 0.3) is 11.5 Å². The SMILES string of the molecule is CCc1c(N2CCC3(CCN(C(=O)CNC(=O)c4ccccc4)C3)C2)c(=O)n2nc(C3=CCOCC3)nc2n1CC(=O)Nc1ccc(C(F)(F)F)cc1Cl. The second-order valence-corrected chi connectivity index (χ2v) is 14.2. The summed E-state index contributed by atoms with van der Waals surface area (Å²) in [4.78, 5) is 62.1. The van der Waals surface area contributed by atoms with Crippen molar-refractivity contribution in [3.8, 4) is 0 Å². The van der Waals surface area contributed by atoms with Gasteiger partial charge in [-0.1, -0.05) is 42.8 Å². The Morgan fingerprint density at radius 1 is 1.06 bits per heavy atom. The number of amides is 3. The van der Waals surface area contributed by atoms with Gasteiger partial charge in [-0.15, -0.1) is 5.10 Å². The van der Waals surface area contributed by atoms with Crippen LogP contribution in [0.3, 0.4) is 0 Å². The molecule has 1 spiro atoms. The van der Waals surface area contributed by atoms with E-state index in [9.17, 15) is 32.3 Å². The van der Waals surface area contributed by atoms with Crippen LogP contribution in [0.1, 0.15) is 53.6 Å². The smallest absolute Gasteiger partial charge is 0.377 e. The summed E-state index contributed by atoms with van der Waals surface area (Å²) in [6.07, 6.45) is -0.477. The molecule has 2 N–H and O–H groups in total. The number of anilines is 2. The first-order valence-electron chi connectivity index (χ1n) is 17.7. The lowest BCUT2D eigenvalue weighted by Crippen LogP contribution is -2.41. The van der Waals surface area contributed by atoms with Gasteiger partial charge in [-0.05, 0) is 61.6 Å². The molecule has 7 rings (SSSR count). The fourth-order valence-electron chi connectivity index (χ4n) is 7.49. The molecule has 1 unspecified atom stereocenters. The van der Waals surface area contributed by atoms with Crippen LogP contribution in [-0.4, -0.2) is 87.7 Å². The molecular formula is C37H38ClF3N8O5. The topological polar surface area (TPSA) is 143 Å². The average molecular weight is 767 g/mol. The molecule has 2 aromatic heterocycles. The van der Waals surface area contributed by atoms with Gasteiger partial charge in [-0.3, -0.25) is 19.2 Å². The highest BCUT2D eigenvalue weighted by atomic mass is 35.5. The number of fused-ring (bicyclic) bond motifs is 1. The molecule has 4 aromatic rings. The predicted molar refractivity (Wildman–Crippen MR) is 194 cm³/mol. The highest BCUT2D eigenvalue weighted by Crippen LogP contribution is 2.41. The molecule has 3 aliphatic heterocycles. The molecular weight excluding hydrogens is 729 g/mol. The number of ether oxygens (including phenoxy) is 1. The second kappa shape index (κ2) is 14.9. The molecule has 0 radical (unpaired) electrons. The van der Waals surface area contributed by atoms with Crippen molar-refractivity contribution in [1.29, 1.82) is 0 Å². The van der Waals surface area contributed by atoms with E-state index >= 15 is 0 Å². The van der Waals surface area contributed by atoms with Gasteiger partial charge in [0.05, 0.1) is 41.7 Å². The number of benzene rings is 2. The van der Waals surface area contributed by atoms with Crippen molar-refractivity contribution >= 4 is 52.0 Å². The number of aromatic nitrogens is 4. The number of hydrogen-bond donors (Lipinski definition) is 2. The Morgan fingerprint density at radius 3 is 2.54 bits per heavy atom. The lowest BCUT2D eigenvalue weighted by atomic mass is 9.86. The standard InChI is InChI=1S/C37H38ClF3N8O5/c1-2-28-31(47-15-13-36(22-47)12-14-46(21-36)30(51)19-42-33(52)24-6-4-3-5-7-24)34(53)49-35(44-32(45-49)23-10-16-54-17-11-23)48(28)20-29(50)43-27-9-8-25(18-26(27)38)37(39,40)41/h3-10,18H,2,11-17,19-22H2,1H3,(H,42,52)(H,43,50). The monoisotopic (exact) mass is 766 g/mol. The van der Waals surface area contributed by atoms with Crippen molar-refractivity contribution in [3.63, 3.8) is 0 Å². The van der Waals surface area contributed by atoms with E-state index in [4.69, 9.17) is 21.3 Å². The molecule has 3 aliphatic rings. The molecule has 5 heterocycles. The van der Waals surface area contributed by atoms with Crippen LogP contribution in [0.25, 0.3) is 11.4 Å². The third-order valence-electron chi connectivity index (χ3n) is 10.3. The summed E-state index contributed by atoms with van der Waals surface area (Å²) < 4.78 is 48.0. The average Bonchev–Trinajstić information content (AvgIpc) is 3.92. The summed E-state index contributed by atoms with van der Waals surface area (Å²) in [7, 11) is 0. The van der Waals surface area contributed by atoms with Gasteiger partial charge in [-0.25, -0.2) is 0 Å². The van der Waals surface area contributed by atoms with Crippen molar-refractivity contribution in [1.82, 2.24) is 29.4 Å². The Hall–Kier alpha value is -5.22. The molecule has 17 heteroatoms. The third kappa shape index (κ3) is 7.44. The lowest BCUT2D eigenvalue weighted by molar-refractivity contribution is -0.137. The molecule has 284 valence electrons. The highest BCUT2D eigenvalue weighted by Gasteiger charge is 2.46. The first-order chi connectivity index (χ1) is 25.9. The van der Waals surface area contributed by atoms with E-state index < -0.39 is 23.2 Å². The van der Waals surface area contributed by atoms with Crippen molar-refractivity contribution < 1.29 is 32.3 Å². The number of alkyl halides is 3. The van der Waals surface area contributed by atoms with Gasteiger partial charge in [0.15, 0.2) is 5.82 Å². The van der Waals surface area contributed by atoms with E-state index in [0.29, 0.717) is 87.8 Å². The minimum absolute atomic E-state index is 0.000900. The largest absolute Gasteiger partial charge is 0.416 e. The van der Waals surface area contributed by atoms with Crippen LogP contribution in [0.2, 0.25) is 5.02 Å². The predicted octanol–water partition coefficient (Wildman–Crippen LogP) is 4.43. The number of likely N-dealkylation sites (tertiary alicyclic amines) is 1. The number of nitrogens with one attached hydrogen (secondary N) is 2. The molecule has 0 saturated carbocycles. The molecule has 0 aliphatic carbocycles. The molecule has 2 saturated heterocycles. The summed E-state index contributed by atoms with van der Waals surface area (Å²) in [6, 6.07) is 11.4. The zero-order valence-corrected chi connectivity index (χ0v) is 30.2. The molecule has 54 heavy (non-hydrogen) atoms. The maximum atomic E-state index is 14.4. The zero-order valence-electron chi connectivity index (χ0n) is 29.4. The first-order valence-corrected chi connectivity index (χ1v) is 18.1. The number of hydrogen-bond acceptors (Lipinski definition) is 8. The lowest BCUT2D eigenvalue weighted by Gasteiger charge is -2.27. The van der Waals surface area contributed by atoms with Crippen molar-refractivity contribution in [2.75, 3.05) is 56.2 Å². The molecule has 13 nitrogen and oxygen atoms in total. The van der Waals surface area contributed by atoms with Crippen molar-refractivity contribution in [2.45, 2.75) is 45.3 Å². The van der Waals surface area contributed by atoms with Crippen molar-refractivity contribution in [3.05, 3.63) is 92.6 Å². The molecule has 0 bridgehead atoms. The van der Waals surface area contributed by atoms with E-state index in [2.05, 4.69) is 15.7 Å². The fraction of sp³-hybridized carbons (Fsp3) is 0.405. The maximum Gasteiger partial charge on any atom is 0.416 e. The normalized spacial score (nSPS) is 18.7. The number of halogens is 4. The Kier molecular flexibility index (Phi) is 10.2. The second-order valence-electron chi connectivity index (χ2n) is 13.8. The number of carbonyl (C=O) groups is 3. The Labute approximate surface area is 312 Å². The van der Waals surface area contributed by atoms with E-state index in [0.717, 1.165) is 23.8 Å². The van der Waals surface area contributed by atoms with Gasteiger partial charge in [-0.2, -0.15) is 22.7 Å². The van der Waals surface area contributed by atoms with Gasteiger partial charge >= 0.3 is 6.18 Å². The van der Waals surface area contributed by atoms with Crippen LogP contribution < -0.4 is 21.1 Å². The number of rotatable bonds is 9. The minimum Gasteiger partial charge on any atom is -0.377 e. The number of nitrogens with zero attached hydrogens (tertiary/aromatic N) is 6. The third-order valence-corrected chi connectivity index (χ3v) is 10.6. The summed E-state index contributed by atoms with van der Waals surface area (Å²) in [5.41, 5.74) is 0.515. The van der Waals surface area contributed by atoms with Crippen LogP contribution in [0.5, 0.6) is 0 Å². The Balaban J connectivity index is 1.15. The van der Waals surface area contributed by atoms with Gasteiger partial charge in [0.2, 0.25) is 17.6 Å². The summed E-state index contributed by atoms with van der Waals surface area (Å²) in [6.45, 7) is 4.17. The highest BCUT2D eigenvalue weighted by molar-refractivity contribution is 6.33. The van der Waals surface area contributed by atoms with Gasteiger partial charge in [0.1, 0.15) is 12.2 Å². The van der Waals surface area contributed by atoms with Crippen LogP contribution >= 0.6 is 11.6 Å². The van der Waals surface area contributed by atoms with Crippen LogP contribution in [0.15, 0.2) is 59.4 Å². The minimum atomic E-state index is -4.61. The summed E-state index contributed by atoms with van der Waals surface area (Å²) >= 11 is 6.15. The van der Waals surface area contributed by atoms with Crippen LogP contribution in [0, 0.1) is 5.41 Å². The zero-order chi connectivity index (χ0) is 38.2. The Bertz CT molecular complexity index is 2210. The van der Waals surface area contributed by atoms with E-state index in [-0.39, 0.29) is 46.8 Å². The van der Waals surface area contributed by atoms with Crippen LogP contribution in [0.4, 0.5) is 24.5 Å². The van der Waals surface area contributed by atoms with Gasteiger partial charge < -0.3 is 29.7 Å². The molecule has 2 aromatic carbocycles. The molecule has 3 amide bonds. The van der Waals surface area contributed by atoms with Gasteiger partial charge in [0, 0.05) is 37.2 Å². The van der Waals surface area contributed by atoms with E-state index in [1.807, 2.05) is 24.0 Å². The van der Waals surface area contributed by atoms with Crippen LogP contribution in [-0.2, 0) is 33.5 Å². The molecule has 1 atom stereocenters. The quantitative estimate of drug-likeness (QED) is 0.255. The summed E-state index contributed by atoms with van der Waals surface area (Å²) in [5, 5.41) is 9.64. The van der Waals surface area contributed by atoms with Crippen molar-refractivity contribution in [2.24, 2.45) is 5.41 Å². The Morgan fingerprint density at radius 2 is 1.83 bits per heavy atom. The summed E-state index contributed by atoms with van der Waals surface area (Å²) in [5.74, 6) is -0.647. The first kappa shape index (κ1) is 37.1. The van der Waals surface area contributed by atoms with E-state index in [1.54, 1.807) is 33.7 Å². The van der Waals surface area contributed by atoms with E-state index in [1.165, 1.54) is 4.52 Å². The number of carbonyl (C=O) groups excluding carboxylic acids is 3. The molecule has 2 fully saturated rings.